The molecule has 3 aromatic carbocycles. The summed E-state index contributed by atoms with van der Waals surface area (Å²) in [7, 11) is 0. The van der Waals surface area contributed by atoms with Crippen LogP contribution in [0.25, 0.3) is 21.5 Å². The smallest absolute Gasteiger partial charge is 0.132 e. The van der Waals surface area contributed by atoms with Crippen molar-refractivity contribution in [3.05, 3.63) is 36.4 Å². The third-order valence-electron chi connectivity index (χ3n) is 3.29. The molecule has 0 spiro atoms. The van der Waals surface area contributed by atoms with Crippen molar-refractivity contribution in [3.8, 4) is 11.5 Å². The summed E-state index contributed by atoms with van der Waals surface area (Å²) in [6, 6.07) is 10.1. The minimum Gasteiger partial charge on any atom is -0.507 e. The van der Waals surface area contributed by atoms with Crippen LogP contribution < -0.4 is 5.14 Å². The average molecular weight is 315 g/mol. The Kier molecular flexibility index (Phi) is 4.85. The highest BCUT2D eigenvalue weighted by Crippen LogP contribution is 2.47. The van der Waals surface area contributed by atoms with Crippen LogP contribution in [0.5, 0.6) is 11.5 Å². The molecule has 5 nitrogen and oxygen atoms in total. The number of phenolic OH excluding ortho intramolecular Hbond substituents is 2. The first-order valence-corrected chi connectivity index (χ1v) is 7.70. The maximum atomic E-state index is 10.5. The first kappa shape index (κ1) is 16.1. The Labute approximate surface area is 132 Å². The van der Waals surface area contributed by atoms with Gasteiger partial charge in [0, 0.05) is 21.1 Å². The molecule has 0 aliphatic heterocycles. The van der Waals surface area contributed by atoms with Crippen molar-refractivity contribution in [2.24, 2.45) is 10.3 Å². The fourth-order valence-corrected chi connectivity index (χ4v) is 2.92. The molecular formula is C16H17N3O2S. The van der Waals surface area contributed by atoms with Crippen molar-refractivity contribution in [2.75, 3.05) is 0 Å². The molecule has 0 bridgehead atoms. The molecule has 6 heteroatoms. The molecule has 0 radical (unpaired) electrons. The van der Waals surface area contributed by atoms with Crippen molar-refractivity contribution < 1.29 is 10.2 Å². The predicted octanol–water partition coefficient (Wildman–Crippen LogP) is 5.06. The predicted molar refractivity (Wildman–Crippen MR) is 91.0 cm³/mol. The summed E-state index contributed by atoms with van der Waals surface area (Å²) in [5.41, 5.74) is 7.72. The van der Waals surface area contributed by atoms with Gasteiger partial charge in [-0.15, -0.1) is 0 Å². The number of hydrogen-bond acceptors (Lipinski definition) is 6. The van der Waals surface area contributed by atoms with E-state index in [1.165, 1.54) is 6.07 Å². The van der Waals surface area contributed by atoms with Gasteiger partial charge < -0.3 is 10.2 Å². The summed E-state index contributed by atoms with van der Waals surface area (Å²) in [5, 5.41) is 31.6. The lowest BCUT2D eigenvalue weighted by Crippen LogP contribution is -1.86. The number of nitrogens with one attached hydrogen (secondary N) is 1. The number of benzene rings is 3. The zero-order valence-electron chi connectivity index (χ0n) is 12.3. The third-order valence-corrected chi connectivity index (χ3v) is 3.89. The second-order valence-electron chi connectivity index (χ2n) is 4.31. The molecule has 5 N–H and O–H groups in total. The maximum Gasteiger partial charge on any atom is 0.132 e. The van der Waals surface area contributed by atoms with Crippen molar-refractivity contribution in [1.29, 1.82) is 5.53 Å². The van der Waals surface area contributed by atoms with E-state index in [0.717, 1.165) is 11.9 Å². The van der Waals surface area contributed by atoms with E-state index in [1.54, 1.807) is 30.3 Å². The normalized spacial score (nSPS) is 10.3. The zero-order valence-corrected chi connectivity index (χ0v) is 13.1. The molecule has 0 aliphatic rings. The first-order chi connectivity index (χ1) is 10.7. The fourth-order valence-electron chi connectivity index (χ4n) is 2.44. The molecule has 0 aliphatic carbocycles. The van der Waals surface area contributed by atoms with Crippen LogP contribution in [0.2, 0.25) is 0 Å². The molecule has 114 valence electrons. The Balaban J connectivity index is 0.000000847. The quantitative estimate of drug-likeness (QED) is 0.301. The Morgan fingerprint density at radius 2 is 1.64 bits per heavy atom. The summed E-state index contributed by atoms with van der Waals surface area (Å²) >= 11 is 1.02. The van der Waals surface area contributed by atoms with Gasteiger partial charge in [-0.05, 0) is 24.1 Å². The van der Waals surface area contributed by atoms with Gasteiger partial charge in [-0.3, -0.25) is 5.14 Å². The van der Waals surface area contributed by atoms with Crippen molar-refractivity contribution in [3.63, 3.8) is 0 Å². The molecular weight excluding hydrogens is 298 g/mol. The van der Waals surface area contributed by atoms with E-state index >= 15 is 0 Å². The van der Waals surface area contributed by atoms with Gasteiger partial charge in [0.05, 0.1) is 5.39 Å². The van der Waals surface area contributed by atoms with Crippen molar-refractivity contribution >= 4 is 39.2 Å². The van der Waals surface area contributed by atoms with Gasteiger partial charge in [-0.25, -0.2) is 5.53 Å². The van der Waals surface area contributed by atoms with Crippen molar-refractivity contribution in [2.45, 2.75) is 18.7 Å². The maximum absolute atomic E-state index is 10.5. The lowest BCUT2D eigenvalue weighted by Gasteiger charge is -2.12. The number of hydrogen-bond donors (Lipinski definition) is 4. The molecule has 0 atom stereocenters. The Morgan fingerprint density at radius 3 is 2.27 bits per heavy atom. The Hall–Kier alpha value is -2.31. The second kappa shape index (κ2) is 6.64. The summed E-state index contributed by atoms with van der Waals surface area (Å²) in [4.78, 5) is 0.690. The SMILES string of the molecule is CC.N=Nc1c2cccc(SN)c2c(O)c2cccc(O)c12. The lowest BCUT2D eigenvalue weighted by atomic mass is 9.99. The van der Waals surface area contributed by atoms with Crippen LogP contribution in [0.1, 0.15) is 13.8 Å². The van der Waals surface area contributed by atoms with E-state index in [4.69, 9.17) is 10.7 Å². The number of nitrogens with zero attached hydrogens (tertiary/aromatic N) is 1. The van der Waals surface area contributed by atoms with Crippen LogP contribution in [0, 0.1) is 5.53 Å². The van der Waals surface area contributed by atoms with Crippen LogP contribution in [-0.4, -0.2) is 10.2 Å². The minimum atomic E-state index is -0.0171. The van der Waals surface area contributed by atoms with E-state index in [9.17, 15) is 10.2 Å². The highest BCUT2D eigenvalue weighted by atomic mass is 32.2. The molecule has 22 heavy (non-hydrogen) atoms. The van der Waals surface area contributed by atoms with Crippen LogP contribution in [0.3, 0.4) is 0 Å². The molecule has 0 heterocycles. The fraction of sp³-hybridized carbons (Fsp3) is 0.125. The van der Waals surface area contributed by atoms with Crippen LogP contribution in [0.4, 0.5) is 5.69 Å². The van der Waals surface area contributed by atoms with Gasteiger partial charge in [0.15, 0.2) is 0 Å². The first-order valence-electron chi connectivity index (χ1n) is 6.82. The molecule has 0 aromatic heterocycles. The van der Waals surface area contributed by atoms with E-state index < -0.39 is 0 Å². The molecule has 0 unspecified atom stereocenters. The number of fused-ring (bicyclic) bond motifs is 2. The molecule has 0 fully saturated rings. The number of phenols is 2. The largest absolute Gasteiger partial charge is 0.507 e. The third kappa shape index (κ3) is 2.36. The standard InChI is InChI=1S/C14H11N3O2S.C2H6/c15-17-13-7-3-2-6-10(20-16)12(7)14(19)8-4-1-5-9(18)11(8)13;1-2/h1-6,15,18-19H,16H2;1-2H3. The number of nitrogens with two attached hydrogens (primary N) is 1. The Morgan fingerprint density at radius 1 is 1.00 bits per heavy atom. The summed E-state index contributed by atoms with van der Waals surface area (Å²) in [6.45, 7) is 4.00. The highest BCUT2D eigenvalue weighted by molar-refractivity contribution is 7.97. The van der Waals surface area contributed by atoms with Gasteiger partial charge in [0.1, 0.15) is 17.2 Å². The molecule has 3 aromatic rings. The summed E-state index contributed by atoms with van der Waals surface area (Å²) in [6.07, 6.45) is 0. The second-order valence-corrected chi connectivity index (χ2v) is 4.98. The van der Waals surface area contributed by atoms with Gasteiger partial charge in [-0.2, -0.15) is 5.11 Å². The Bertz CT molecular complexity index is 850. The topological polar surface area (TPSA) is 103 Å². The average Bonchev–Trinajstić information content (AvgIpc) is 2.57. The van der Waals surface area contributed by atoms with E-state index in [2.05, 4.69) is 5.11 Å². The van der Waals surface area contributed by atoms with Gasteiger partial charge in [0.2, 0.25) is 0 Å². The number of rotatable bonds is 2. The van der Waals surface area contributed by atoms with Crippen molar-refractivity contribution in [1.82, 2.24) is 0 Å². The highest BCUT2D eigenvalue weighted by Gasteiger charge is 2.17. The number of aromatic hydroxyl groups is 2. The van der Waals surface area contributed by atoms with Gasteiger partial charge >= 0.3 is 0 Å². The van der Waals surface area contributed by atoms with Gasteiger partial charge in [-0.1, -0.05) is 38.1 Å². The van der Waals surface area contributed by atoms with E-state index in [1.807, 2.05) is 13.8 Å². The molecule has 0 saturated carbocycles. The molecule has 3 rings (SSSR count). The van der Waals surface area contributed by atoms with Crippen LogP contribution >= 0.6 is 11.9 Å². The van der Waals surface area contributed by atoms with Crippen LogP contribution in [-0.2, 0) is 0 Å². The van der Waals surface area contributed by atoms with Crippen LogP contribution in [0.15, 0.2) is 46.4 Å². The minimum absolute atomic E-state index is 0.0171. The monoisotopic (exact) mass is 315 g/mol. The van der Waals surface area contributed by atoms with E-state index in [-0.39, 0.29) is 11.5 Å². The summed E-state index contributed by atoms with van der Waals surface area (Å²) in [5.74, 6) is 0.0170. The lowest BCUT2D eigenvalue weighted by molar-refractivity contribution is 0.478. The van der Waals surface area contributed by atoms with Gasteiger partial charge in [0.25, 0.3) is 0 Å². The molecule has 0 saturated heterocycles. The summed E-state index contributed by atoms with van der Waals surface area (Å²) < 4.78 is 0. The molecule has 0 amide bonds. The van der Waals surface area contributed by atoms with E-state index in [0.29, 0.717) is 32.1 Å². The zero-order chi connectivity index (χ0) is 16.3.